The standard InChI is InChI=1S/C32H42N6O6S/c1-32(22-44-32)27(39)19-33-31(43)26(18-24-10-6-3-7-11-24)37-28(40)20-34-30(42)25(13-12-23-8-4-2-5-9-23)36-29(41)21-35-38-14-16-45-17-15-38/h2-11,25-26,35H,12-22H2,1H3,(H,33,43)(H,34,42)(H,36,41)(H,37,40)/t25?,26?,32-/m1/s1. The van der Waals surface area contributed by atoms with Crippen molar-refractivity contribution in [3.63, 3.8) is 0 Å². The maximum Gasteiger partial charge on any atom is 0.243 e. The van der Waals surface area contributed by atoms with E-state index in [0.29, 0.717) is 19.4 Å². The van der Waals surface area contributed by atoms with Crippen LogP contribution in [0.15, 0.2) is 60.7 Å². The first-order chi connectivity index (χ1) is 21.7. The summed E-state index contributed by atoms with van der Waals surface area (Å²) in [5.41, 5.74) is 4.07. The van der Waals surface area contributed by atoms with Crippen LogP contribution >= 0.6 is 11.8 Å². The maximum absolute atomic E-state index is 13.2. The predicted molar refractivity (Wildman–Crippen MR) is 171 cm³/mol. The van der Waals surface area contributed by atoms with Crippen molar-refractivity contribution in [3.8, 4) is 0 Å². The molecule has 12 nitrogen and oxygen atoms in total. The van der Waals surface area contributed by atoms with E-state index in [1.807, 2.05) is 77.4 Å². The van der Waals surface area contributed by atoms with Gasteiger partial charge in [-0.1, -0.05) is 60.7 Å². The number of aryl methyl sites for hydroxylation is 1. The highest BCUT2D eigenvalue weighted by atomic mass is 32.2. The number of thioether (sulfide) groups is 1. The Hall–Kier alpha value is -3.78. The van der Waals surface area contributed by atoms with Gasteiger partial charge in [-0.3, -0.25) is 24.0 Å². The Morgan fingerprint density at radius 1 is 0.800 bits per heavy atom. The smallest absolute Gasteiger partial charge is 0.243 e. The molecule has 2 fully saturated rings. The molecule has 2 aromatic carbocycles. The molecule has 45 heavy (non-hydrogen) atoms. The highest BCUT2D eigenvalue weighted by Gasteiger charge is 2.46. The fraction of sp³-hybridized carbons (Fsp3) is 0.469. The van der Waals surface area contributed by atoms with Gasteiger partial charge in [0.2, 0.25) is 23.6 Å². The number of carbonyl (C=O) groups is 5. The summed E-state index contributed by atoms with van der Waals surface area (Å²) in [7, 11) is 0. The van der Waals surface area contributed by atoms with Gasteiger partial charge in [-0.2, -0.15) is 11.8 Å². The Morgan fingerprint density at radius 2 is 1.36 bits per heavy atom. The fourth-order valence-corrected chi connectivity index (χ4v) is 5.62. The molecule has 242 valence electrons. The topological polar surface area (TPSA) is 161 Å². The number of carbonyl (C=O) groups excluding carboxylic acids is 5. The lowest BCUT2D eigenvalue weighted by Gasteiger charge is -2.27. The molecule has 3 atom stereocenters. The fourth-order valence-electron chi connectivity index (χ4n) is 4.72. The Kier molecular flexibility index (Phi) is 12.9. The summed E-state index contributed by atoms with van der Waals surface area (Å²) in [6.07, 6.45) is 1.07. The second kappa shape index (κ2) is 17.1. The van der Waals surface area contributed by atoms with Crippen molar-refractivity contribution >= 4 is 41.2 Å². The minimum Gasteiger partial charge on any atom is -0.362 e. The number of ether oxygens (including phenoxy) is 1. The molecular weight excluding hydrogens is 596 g/mol. The van der Waals surface area contributed by atoms with E-state index in [1.165, 1.54) is 0 Å². The first-order valence-corrected chi connectivity index (χ1v) is 16.3. The van der Waals surface area contributed by atoms with Crippen molar-refractivity contribution in [2.75, 3.05) is 50.8 Å². The molecule has 4 rings (SSSR count). The van der Waals surface area contributed by atoms with E-state index in [2.05, 4.69) is 26.7 Å². The molecule has 0 spiro atoms. The van der Waals surface area contributed by atoms with Crippen molar-refractivity contribution in [2.45, 2.75) is 43.9 Å². The van der Waals surface area contributed by atoms with Gasteiger partial charge in [0.05, 0.1) is 26.2 Å². The molecule has 0 saturated carbocycles. The van der Waals surface area contributed by atoms with Gasteiger partial charge in [0, 0.05) is 31.0 Å². The molecule has 2 aliphatic heterocycles. The van der Waals surface area contributed by atoms with Crippen molar-refractivity contribution in [1.29, 1.82) is 0 Å². The molecule has 2 aromatic rings. The summed E-state index contributed by atoms with van der Waals surface area (Å²) in [5, 5.41) is 12.7. The molecule has 0 aromatic heterocycles. The summed E-state index contributed by atoms with van der Waals surface area (Å²) in [5.74, 6) is -0.216. The number of epoxide rings is 1. The monoisotopic (exact) mass is 638 g/mol. The second-order valence-corrected chi connectivity index (χ2v) is 12.5. The first kappa shape index (κ1) is 34.1. The molecule has 2 saturated heterocycles. The molecule has 0 aliphatic carbocycles. The minimum absolute atomic E-state index is 0.0321. The van der Waals surface area contributed by atoms with E-state index in [9.17, 15) is 24.0 Å². The lowest BCUT2D eigenvalue weighted by Crippen LogP contribution is -2.54. The van der Waals surface area contributed by atoms with Gasteiger partial charge in [-0.15, -0.1) is 0 Å². The van der Waals surface area contributed by atoms with Crippen LogP contribution in [0.4, 0.5) is 0 Å². The zero-order valence-corrected chi connectivity index (χ0v) is 26.3. The van der Waals surface area contributed by atoms with Gasteiger partial charge in [-0.05, 0) is 30.9 Å². The maximum atomic E-state index is 13.2. The number of rotatable bonds is 17. The zero-order valence-electron chi connectivity index (χ0n) is 25.5. The van der Waals surface area contributed by atoms with E-state index >= 15 is 0 Å². The van der Waals surface area contributed by atoms with Crippen molar-refractivity contribution < 1.29 is 28.7 Å². The summed E-state index contributed by atoms with van der Waals surface area (Å²) in [6, 6.07) is 16.9. The summed E-state index contributed by atoms with van der Waals surface area (Å²) >= 11 is 1.86. The van der Waals surface area contributed by atoms with E-state index < -0.39 is 42.0 Å². The zero-order chi connectivity index (χ0) is 32.1. The van der Waals surface area contributed by atoms with Crippen LogP contribution in [0.3, 0.4) is 0 Å². The highest BCUT2D eigenvalue weighted by Crippen LogP contribution is 2.26. The van der Waals surface area contributed by atoms with Gasteiger partial charge >= 0.3 is 0 Å². The Bertz CT molecular complexity index is 1300. The van der Waals surface area contributed by atoms with Crippen LogP contribution < -0.4 is 26.7 Å². The molecule has 4 amide bonds. The molecular formula is C32H42N6O6S. The van der Waals surface area contributed by atoms with Gasteiger partial charge in [0.1, 0.15) is 17.7 Å². The number of Topliss-reactive ketones (excluding diaryl/α,β-unsaturated/α-hetero) is 1. The number of hydrogen-bond donors (Lipinski definition) is 5. The molecule has 2 unspecified atom stereocenters. The van der Waals surface area contributed by atoms with Gasteiger partial charge in [0.25, 0.3) is 0 Å². The summed E-state index contributed by atoms with van der Waals surface area (Å²) in [4.78, 5) is 64.3. The van der Waals surface area contributed by atoms with Crippen LogP contribution in [0.1, 0.15) is 24.5 Å². The average molecular weight is 639 g/mol. The van der Waals surface area contributed by atoms with Crippen LogP contribution in [0.2, 0.25) is 0 Å². The minimum atomic E-state index is -0.981. The number of nitrogens with one attached hydrogen (secondary N) is 5. The van der Waals surface area contributed by atoms with Crippen LogP contribution in [-0.4, -0.2) is 103 Å². The third kappa shape index (κ3) is 11.6. The molecule has 2 aliphatic rings. The van der Waals surface area contributed by atoms with Crippen LogP contribution in [-0.2, 0) is 41.6 Å². The van der Waals surface area contributed by atoms with Crippen LogP contribution in [0.5, 0.6) is 0 Å². The molecule has 0 radical (unpaired) electrons. The highest BCUT2D eigenvalue weighted by molar-refractivity contribution is 7.99. The molecule has 13 heteroatoms. The van der Waals surface area contributed by atoms with Crippen molar-refractivity contribution in [1.82, 2.24) is 31.7 Å². The number of hydrazine groups is 1. The lowest BCUT2D eigenvalue weighted by molar-refractivity contribution is -0.132. The number of benzene rings is 2. The first-order valence-electron chi connectivity index (χ1n) is 15.2. The van der Waals surface area contributed by atoms with E-state index in [-0.39, 0.29) is 31.2 Å². The van der Waals surface area contributed by atoms with E-state index in [0.717, 1.165) is 35.7 Å². The number of ketones is 1. The van der Waals surface area contributed by atoms with Crippen molar-refractivity contribution in [2.24, 2.45) is 0 Å². The molecule has 5 N–H and O–H groups in total. The lowest BCUT2D eigenvalue weighted by atomic mass is 10.0. The van der Waals surface area contributed by atoms with E-state index in [4.69, 9.17) is 4.74 Å². The van der Waals surface area contributed by atoms with E-state index in [1.54, 1.807) is 6.92 Å². The Balaban J connectivity index is 1.32. The van der Waals surface area contributed by atoms with Gasteiger partial charge in [-0.25, -0.2) is 10.4 Å². The number of hydrogen-bond acceptors (Lipinski definition) is 9. The van der Waals surface area contributed by atoms with Crippen molar-refractivity contribution in [3.05, 3.63) is 71.8 Å². The number of nitrogens with zero attached hydrogens (tertiary/aromatic N) is 1. The Labute approximate surface area is 267 Å². The van der Waals surface area contributed by atoms with Crippen LogP contribution in [0, 0.1) is 0 Å². The summed E-state index contributed by atoms with van der Waals surface area (Å²) < 4.78 is 5.15. The molecule has 0 bridgehead atoms. The van der Waals surface area contributed by atoms with Gasteiger partial charge < -0.3 is 26.0 Å². The normalized spacial score (nSPS) is 19.0. The summed E-state index contributed by atoms with van der Waals surface area (Å²) in [6.45, 7) is 3.05. The van der Waals surface area contributed by atoms with Crippen LogP contribution in [0.25, 0.3) is 0 Å². The SMILES string of the molecule is C[C@]1(C(=O)CNC(=O)C(Cc2ccccc2)NC(=O)CNC(=O)C(CCc2ccccc2)NC(=O)CNN2CCSCC2)CO1. The third-order valence-corrected chi connectivity index (χ3v) is 8.58. The second-order valence-electron chi connectivity index (χ2n) is 11.3. The average Bonchev–Trinajstić information content (AvgIpc) is 3.82. The largest absolute Gasteiger partial charge is 0.362 e. The van der Waals surface area contributed by atoms with Gasteiger partial charge in [0.15, 0.2) is 5.78 Å². The molecule has 2 heterocycles. The number of amides is 4. The quantitative estimate of drug-likeness (QED) is 0.150. The Morgan fingerprint density at radius 3 is 2.00 bits per heavy atom. The predicted octanol–water partition coefficient (Wildman–Crippen LogP) is -0.0247. The third-order valence-electron chi connectivity index (χ3n) is 7.64.